The molecule has 0 bridgehead atoms. The molecule has 0 saturated carbocycles. The normalized spacial score (nSPS) is 20.5. The smallest absolute Gasteiger partial charge is 0.255 e. The van der Waals surface area contributed by atoms with Gasteiger partial charge in [-0.3, -0.25) is 4.79 Å². The van der Waals surface area contributed by atoms with Gasteiger partial charge in [0.2, 0.25) is 5.88 Å². The molecule has 1 spiro atoms. The van der Waals surface area contributed by atoms with E-state index in [-0.39, 0.29) is 17.6 Å². The summed E-state index contributed by atoms with van der Waals surface area (Å²) in [5.74, 6) is 0.799. The third-order valence-electron chi connectivity index (χ3n) is 6.91. The van der Waals surface area contributed by atoms with E-state index in [4.69, 9.17) is 14.2 Å². The Hall–Kier alpha value is -2.38. The van der Waals surface area contributed by atoms with E-state index in [0.29, 0.717) is 32.2 Å². The lowest BCUT2D eigenvalue weighted by molar-refractivity contribution is -0.135. The number of piperidine rings is 1. The number of hydrogen-bond donors (Lipinski definition) is 0. The molecule has 0 aliphatic carbocycles. The first kappa shape index (κ1) is 22.8. The SMILES string of the molecule is COCCn1c(C)cc(C(=O)N2CCC3(CC2)CC(Oc2cc(C)ccn2)CCO3)c1C. The Morgan fingerprint density at radius 2 is 2.03 bits per heavy atom. The highest BCUT2D eigenvalue weighted by Crippen LogP contribution is 2.37. The summed E-state index contributed by atoms with van der Waals surface area (Å²) in [6.45, 7) is 9.60. The topological polar surface area (TPSA) is 65.8 Å². The Kier molecular flexibility index (Phi) is 6.86. The fraction of sp³-hybridized carbons (Fsp3) is 0.600. The summed E-state index contributed by atoms with van der Waals surface area (Å²) in [6, 6.07) is 5.96. The van der Waals surface area contributed by atoms with Crippen LogP contribution in [0, 0.1) is 20.8 Å². The van der Waals surface area contributed by atoms with Gasteiger partial charge in [-0.15, -0.1) is 0 Å². The average Bonchev–Trinajstić information content (AvgIpc) is 3.06. The number of pyridine rings is 1. The van der Waals surface area contributed by atoms with E-state index >= 15 is 0 Å². The van der Waals surface area contributed by atoms with Crippen LogP contribution in [0.3, 0.4) is 0 Å². The molecule has 1 atom stereocenters. The number of carbonyl (C=O) groups is 1. The van der Waals surface area contributed by atoms with Crippen molar-refractivity contribution in [3.63, 3.8) is 0 Å². The third kappa shape index (κ3) is 4.84. The fourth-order valence-corrected chi connectivity index (χ4v) is 5.01. The van der Waals surface area contributed by atoms with Gasteiger partial charge in [-0.1, -0.05) is 0 Å². The molecule has 0 N–H and O–H groups in total. The maximum Gasteiger partial charge on any atom is 0.255 e. The molecule has 4 rings (SSSR count). The number of aromatic nitrogens is 2. The van der Waals surface area contributed by atoms with Crippen molar-refractivity contribution in [1.82, 2.24) is 14.5 Å². The van der Waals surface area contributed by atoms with Crippen LogP contribution in [-0.2, 0) is 16.0 Å². The van der Waals surface area contributed by atoms with Gasteiger partial charge in [0.1, 0.15) is 6.10 Å². The van der Waals surface area contributed by atoms with Gasteiger partial charge in [0.05, 0.1) is 24.4 Å². The van der Waals surface area contributed by atoms with Gasteiger partial charge in [-0.05, 0) is 51.3 Å². The predicted octanol–water partition coefficient (Wildman–Crippen LogP) is 3.69. The number of aryl methyl sites for hydroxylation is 2. The maximum atomic E-state index is 13.3. The van der Waals surface area contributed by atoms with E-state index in [0.717, 1.165) is 54.7 Å². The number of amides is 1. The minimum absolute atomic E-state index is 0.0972. The molecule has 7 heteroatoms. The molecule has 2 aromatic rings. The van der Waals surface area contributed by atoms with Gasteiger partial charge in [0.15, 0.2) is 0 Å². The molecule has 2 fully saturated rings. The first-order valence-electron chi connectivity index (χ1n) is 11.6. The van der Waals surface area contributed by atoms with E-state index < -0.39 is 0 Å². The van der Waals surface area contributed by atoms with Gasteiger partial charge in [-0.2, -0.15) is 0 Å². The molecular formula is C25H35N3O4. The van der Waals surface area contributed by atoms with Gasteiger partial charge in [0.25, 0.3) is 5.91 Å². The zero-order valence-electron chi connectivity index (χ0n) is 19.7. The van der Waals surface area contributed by atoms with Gasteiger partial charge < -0.3 is 23.7 Å². The second-order valence-electron chi connectivity index (χ2n) is 9.16. The molecule has 1 unspecified atom stereocenters. The van der Waals surface area contributed by atoms with E-state index in [1.54, 1.807) is 13.3 Å². The second kappa shape index (κ2) is 9.63. The van der Waals surface area contributed by atoms with E-state index in [1.807, 2.05) is 43.9 Å². The summed E-state index contributed by atoms with van der Waals surface area (Å²) in [5, 5.41) is 0. The number of likely N-dealkylation sites (tertiary alicyclic amines) is 1. The van der Waals surface area contributed by atoms with Crippen LogP contribution in [-0.4, -0.2) is 65.5 Å². The van der Waals surface area contributed by atoms with Crippen LogP contribution in [0.5, 0.6) is 5.88 Å². The van der Waals surface area contributed by atoms with Gasteiger partial charge >= 0.3 is 0 Å². The molecule has 2 aromatic heterocycles. The minimum Gasteiger partial charge on any atom is -0.474 e. The molecule has 1 amide bonds. The van der Waals surface area contributed by atoms with Crippen LogP contribution >= 0.6 is 0 Å². The first-order valence-corrected chi connectivity index (χ1v) is 11.6. The van der Waals surface area contributed by atoms with E-state index in [9.17, 15) is 4.79 Å². The molecule has 4 heterocycles. The maximum absolute atomic E-state index is 13.3. The third-order valence-corrected chi connectivity index (χ3v) is 6.91. The lowest BCUT2D eigenvalue weighted by Gasteiger charge is -2.45. The van der Waals surface area contributed by atoms with Crippen LogP contribution < -0.4 is 4.74 Å². The lowest BCUT2D eigenvalue weighted by Crippen LogP contribution is -2.52. The molecule has 0 radical (unpaired) electrons. The van der Waals surface area contributed by atoms with Gasteiger partial charge in [0, 0.05) is 63.2 Å². The highest BCUT2D eigenvalue weighted by molar-refractivity contribution is 5.95. The Morgan fingerprint density at radius 1 is 1.25 bits per heavy atom. The van der Waals surface area contributed by atoms with Crippen molar-refractivity contribution in [3.05, 3.63) is 46.9 Å². The highest BCUT2D eigenvalue weighted by atomic mass is 16.5. The number of ether oxygens (including phenoxy) is 3. The summed E-state index contributed by atoms with van der Waals surface area (Å²) in [7, 11) is 1.70. The molecule has 0 aromatic carbocycles. The van der Waals surface area contributed by atoms with Crippen LogP contribution in [0.4, 0.5) is 0 Å². The predicted molar refractivity (Wildman–Crippen MR) is 122 cm³/mol. The molecular weight excluding hydrogens is 406 g/mol. The van der Waals surface area contributed by atoms with Crippen molar-refractivity contribution in [2.75, 3.05) is 33.4 Å². The molecule has 2 aliphatic rings. The lowest BCUT2D eigenvalue weighted by atomic mass is 9.83. The summed E-state index contributed by atoms with van der Waals surface area (Å²) in [5.41, 5.74) is 3.84. The average molecular weight is 442 g/mol. The molecule has 7 nitrogen and oxygen atoms in total. The van der Waals surface area contributed by atoms with Crippen molar-refractivity contribution in [2.24, 2.45) is 0 Å². The summed E-state index contributed by atoms with van der Waals surface area (Å²) < 4.78 is 19.8. The Bertz CT molecular complexity index is 947. The first-order chi connectivity index (χ1) is 15.4. The number of carbonyl (C=O) groups excluding carboxylic acids is 1. The zero-order chi connectivity index (χ0) is 22.7. The van der Waals surface area contributed by atoms with Crippen molar-refractivity contribution >= 4 is 5.91 Å². The summed E-state index contributed by atoms with van der Waals surface area (Å²) in [6.07, 6.45) is 5.27. The number of methoxy groups -OCH3 is 1. The summed E-state index contributed by atoms with van der Waals surface area (Å²) in [4.78, 5) is 19.6. The molecule has 174 valence electrons. The zero-order valence-corrected chi connectivity index (χ0v) is 19.7. The molecule has 2 saturated heterocycles. The number of rotatable bonds is 6. The second-order valence-corrected chi connectivity index (χ2v) is 9.16. The fourth-order valence-electron chi connectivity index (χ4n) is 5.01. The van der Waals surface area contributed by atoms with Crippen molar-refractivity contribution < 1.29 is 19.0 Å². The van der Waals surface area contributed by atoms with Crippen molar-refractivity contribution in [3.8, 4) is 5.88 Å². The minimum atomic E-state index is -0.209. The quantitative estimate of drug-likeness (QED) is 0.684. The Balaban J connectivity index is 1.37. The monoisotopic (exact) mass is 441 g/mol. The van der Waals surface area contributed by atoms with Crippen LogP contribution in [0.15, 0.2) is 24.4 Å². The Morgan fingerprint density at radius 3 is 2.75 bits per heavy atom. The van der Waals surface area contributed by atoms with E-state index in [1.165, 1.54) is 0 Å². The number of hydrogen-bond acceptors (Lipinski definition) is 5. The highest BCUT2D eigenvalue weighted by Gasteiger charge is 2.42. The largest absolute Gasteiger partial charge is 0.474 e. The number of nitrogens with zero attached hydrogens (tertiary/aromatic N) is 3. The van der Waals surface area contributed by atoms with Crippen LogP contribution in [0.1, 0.15) is 53.0 Å². The van der Waals surface area contributed by atoms with Crippen molar-refractivity contribution in [2.45, 2.75) is 64.7 Å². The van der Waals surface area contributed by atoms with Crippen molar-refractivity contribution in [1.29, 1.82) is 0 Å². The Labute approximate surface area is 190 Å². The standard InChI is InChI=1S/C25H35N3O4/c1-18-5-9-26-23(15-18)32-21-6-13-31-25(17-21)7-10-27(11-8-25)24(29)22-16-19(2)28(20(22)3)12-14-30-4/h5,9,15-16,21H,6-8,10-14,17H2,1-4H3. The summed E-state index contributed by atoms with van der Waals surface area (Å²) >= 11 is 0. The van der Waals surface area contributed by atoms with Gasteiger partial charge in [-0.25, -0.2) is 4.98 Å². The van der Waals surface area contributed by atoms with Crippen LogP contribution in [0.2, 0.25) is 0 Å². The molecule has 32 heavy (non-hydrogen) atoms. The molecule has 2 aliphatic heterocycles. The van der Waals surface area contributed by atoms with Crippen LogP contribution in [0.25, 0.3) is 0 Å². The van der Waals surface area contributed by atoms with E-state index in [2.05, 4.69) is 9.55 Å².